The van der Waals surface area contributed by atoms with Crippen molar-refractivity contribution >= 4 is 69.8 Å². The summed E-state index contributed by atoms with van der Waals surface area (Å²) >= 11 is 5.79. The van der Waals surface area contributed by atoms with Gasteiger partial charge in [0, 0.05) is 18.0 Å². The lowest BCUT2D eigenvalue weighted by molar-refractivity contribution is -0.135. The standard InChI is InChI=1S/C31H38ClF2N7O4.ClH/c1-16(35-5)28(42)40-26(31(2,3)4)30(44)41(29(43)17-8-7-11-36-14-17)22-12-18-21(13-23(22)45-6)37-15-38-27(18)39-20-10-9-19(33)24(32)25(20)34;/h9-10,12-13,15-17,26,35-36H,7-8,11,14H2,1-6H3,(H,40,42)(H,37,38,39);1H/t16-,17-,26+;/m0./s1. The third-order valence-corrected chi connectivity index (χ3v) is 8.12. The number of anilines is 3. The number of amides is 3. The van der Waals surface area contributed by atoms with E-state index in [4.69, 9.17) is 16.3 Å². The van der Waals surface area contributed by atoms with Gasteiger partial charge in [0.25, 0.3) is 5.91 Å². The van der Waals surface area contributed by atoms with Gasteiger partial charge in [0.15, 0.2) is 5.82 Å². The monoisotopic (exact) mass is 681 g/mol. The molecule has 1 aliphatic heterocycles. The Bertz CT molecular complexity index is 1600. The molecule has 0 bridgehead atoms. The molecule has 1 saturated heterocycles. The Labute approximate surface area is 277 Å². The summed E-state index contributed by atoms with van der Waals surface area (Å²) in [5.41, 5.74) is -0.510. The first-order valence-corrected chi connectivity index (χ1v) is 15.0. The van der Waals surface area contributed by atoms with Crippen LogP contribution in [0.4, 0.5) is 26.0 Å². The van der Waals surface area contributed by atoms with Crippen molar-refractivity contribution in [2.45, 2.75) is 52.6 Å². The number of benzene rings is 2. The van der Waals surface area contributed by atoms with Gasteiger partial charge < -0.3 is 26.0 Å². The highest BCUT2D eigenvalue weighted by Gasteiger charge is 2.42. The predicted molar refractivity (Wildman–Crippen MR) is 176 cm³/mol. The normalized spacial score (nSPS) is 16.2. The van der Waals surface area contributed by atoms with Gasteiger partial charge in [-0.25, -0.2) is 23.6 Å². The second kappa shape index (κ2) is 15.3. The van der Waals surface area contributed by atoms with Gasteiger partial charge in [-0.05, 0) is 57.0 Å². The molecule has 0 unspecified atom stereocenters. The zero-order chi connectivity index (χ0) is 33.1. The smallest absolute Gasteiger partial charge is 0.257 e. The van der Waals surface area contributed by atoms with Gasteiger partial charge in [-0.15, -0.1) is 12.4 Å². The summed E-state index contributed by atoms with van der Waals surface area (Å²) in [6, 6.07) is 3.51. The van der Waals surface area contributed by atoms with Crippen LogP contribution in [0.15, 0.2) is 30.6 Å². The number of methoxy groups -OCH3 is 1. The number of halogens is 4. The van der Waals surface area contributed by atoms with E-state index in [0.717, 1.165) is 23.9 Å². The fourth-order valence-electron chi connectivity index (χ4n) is 5.03. The van der Waals surface area contributed by atoms with E-state index in [1.54, 1.807) is 34.7 Å². The maximum atomic E-state index is 14.8. The molecule has 0 radical (unpaired) electrons. The van der Waals surface area contributed by atoms with Crippen molar-refractivity contribution in [2.75, 3.05) is 37.5 Å². The fourth-order valence-corrected chi connectivity index (χ4v) is 5.19. The largest absolute Gasteiger partial charge is 0.494 e. The topological polar surface area (TPSA) is 138 Å². The van der Waals surface area contributed by atoms with Crippen molar-refractivity contribution in [3.8, 4) is 5.75 Å². The number of rotatable bonds is 9. The highest BCUT2D eigenvalue weighted by Crippen LogP contribution is 2.38. The van der Waals surface area contributed by atoms with E-state index in [2.05, 4.69) is 31.2 Å². The summed E-state index contributed by atoms with van der Waals surface area (Å²) in [4.78, 5) is 51.4. The van der Waals surface area contributed by atoms with E-state index in [-0.39, 0.29) is 35.3 Å². The van der Waals surface area contributed by atoms with Crippen LogP contribution >= 0.6 is 24.0 Å². The SMILES string of the molecule is CN[C@@H](C)C(=O)N[C@H](C(=O)N(C(=O)[C@H]1CCCNC1)c1cc2c(Nc3ccc(F)c(Cl)c3F)ncnc2cc1OC)C(C)(C)C.Cl. The second-order valence-corrected chi connectivity index (χ2v) is 12.4. The van der Waals surface area contributed by atoms with Crippen molar-refractivity contribution in [3.63, 3.8) is 0 Å². The molecule has 250 valence electrons. The first kappa shape index (κ1) is 36.8. The summed E-state index contributed by atoms with van der Waals surface area (Å²) in [6.45, 7) is 8.15. The van der Waals surface area contributed by atoms with Crippen LogP contribution in [-0.4, -0.2) is 67.0 Å². The predicted octanol–water partition coefficient (Wildman–Crippen LogP) is 4.73. The molecule has 0 spiro atoms. The van der Waals surface area contributed by atoms with Gasteiger partial charge in [-0.1, -0.05) is 32.4 Å². The Morgan fingerprint density at radius 2 is 1.89 bits per heavy atom. The van der Waals surface area contributed by atoms with Crippen molar-refractivity contribution in [3.05, 3.63) is 47.2 Å². The minimum Gasteiger partial charge on any atom is -0.494 e. The molecule has 2 heterocycles. The lowest BCUT2D eigenvalue weighted by atomic mass is 9.85. The van der Waals surface area contributed by atoms with E-state index in [9.17, 15) is 23.2 Å². The lowest BCUT2D eigenvalue weighted by Gasteiger charge is -2.37. The summed E-state index contributed by atoms with van der Waals surface area (Å²) in [6.07, 6.45) is 2.53. The minimum atomic E-state index is -1.11. The third-order valence-electron chi connectivity index (χ3n) is 7.78. The number of nitrogens with zero attached hydrogens (tertiary/aromatic N) is 3. The molecule has 0 saturated carbocycles. The first-order valence-electron chi connectivity index (χ1n) is 14.6. The van der Waals surface area contributed by atoms with Gasteiger partial charge in [-0.3, -0.25) is 14.4 Å². The van der Waals surface area contributed by atoms with Crippen molar-refractivity contribution in [1.82, 2.24) is 25.9 Å². The number of piperidine rings is 1. The molecule has 1 fully saturated rings. The van der Waals surface area contributed by atoms with Crippen LogP contribution in [0.1, 0.15) is 40.5 Å². The number of aromatic nitrogens is 2. The number of ether oxygens (including phenoxy) is 1. The Balaban J connectivity index is 0.00000576. The van der Waals surface area contributed by atoms with Crippen molar-refractivity contribution < 1.29 is 27.9 Å². The summed E-state index contributed by atoms with van der Waals surface area (Å²) in [7, 11) is 3.03. The van der Waals surface area contributed by atoms with Gasteiger partial charge in [-0.2, -0.15) is 0 Å². The molecule has 11 nitrogen and oxygen atoms in total. The number of likely N-dealkylation sites (N-methyl/N-ethyl adjacent to an activating group) is 1. The molecule has 3 amide bonds. The van der Waals surface area contributed by atoms with Gasteiger partial charge in [0.1, 0.15) is 34.8 Å². The Hall–Kier alpha value is -3.65. The van der Waals surface area contributed by atoms with Crippen molar-refractivity contribution in [1.29, 1.82) is 0 Å². The molecule has 46 heavy (non-hydrogen) atoms. The molecular weight excluding hydrogens is 643 g/mol. The zero-order valence-corrected chi connectivity index (χ0v) is 28.0. The highest BCUT2D eigenvalue weighted by molar-refractivity contribution is 6.31. The molecular formula is C31H39Cl2F2N7O4. The van der Waals surface area contributed by atoms with Crippen molar-refractivity contribution in [2.24, 2.45) is 11.3 Å². The Kier molecular flexibility index (Phi) is 12.2. The zero-order valence-electron chi connectivity index (χ0n) is 26.5. The number of imide groups is 1. The maximum absolute atomic E-state index is 14.8. The number of carbonyl (C=O) groups excluding carboxylic acids is 3. The summed E-state index contributed by atoms with van der Waals surface area (Å²) < 4.78 is 34.3. The number of hydrogen-bond acceptors (Lipinski definition) is 9. The number of fused-ring (bicyclic) bond motifs is 1. The van der Waals surface area contributed by atoms with Crippen LogP contribution in [-0.2, 0) is 14.4 Å². The Morgan fingerprint density at radius 3 is 2.50 bits per heavy atom. The third kappa shape index (κ3) is 7.83. The number of hydrogen-bond donors (Lipinski definition) is 4. The van der Waals surface area contributed by atoms with E-state index in [1.807, 2.05) is 0 Å². The molecule has 15 heteroatoms. The van der Waals surface area contributed by atoms with Crippen LogP contribution in [0.2, 0.25) is 5.02 Å². The van der Waals surface area contributed by atoms with Crippen LogP contribution in [0.3, 0.4) is 0 Å². The van der Waals surface area contributed by atoms with E-state index in [0.29, 0.717) is 23.9 Å². The minimum absolute atomic E-state index is 0. The first-order chi connectivity index (χ1) is 21.3. The van der Waals surface area contributed by atoms with E-state index >= 15 is 0 Å². The fraction of sp³-hybridized carbons (Fsp3) is 0.452. The Morgan fingerprint density at radius 1 is 1.17 bits per heavy atom. The quantitative estimate of drug-likeness (QED) is 0.236. The molecule has 4 N–H and O–H groups in total. The molecule has 1 aromatic heterocycles. The molecule has 0 aliphatic carbocycles. The van der Waals surface area contributed by atoms with Gasteiger partial charge in [0.05, 0.1) is 36.0 Å². The number of nitrogens with one attached hydrogen (secondary N) is 4. The lowest BCUT2D eigenvalue weighted by Crippen LogP contribution is -2.59. The molecule has 1 aliphatic rings. The second-order valence-electron chi connectivity index (χ2n) is 12.0. The molecule has 4 rings (SSSR count). The average Bonchev–Trinajstić information content (AvgIpc) is 3.02. The van der Waals surface area contributed by atoms with Crippen LogP contribution in [0.5, 0.6) is 5.75 Å². The summed E-state index contributed by atoms with van der Waals surface area (Å²) in [5, 5.41) is 11.3. The molecule has 3 aromatic rings. The molecule has 2 aromatic carbocycles. The van der Waals surface area contributed by atoms with Gasteiger partial charge >= 0.3 is 0 Å². The van der Waals surface area contributed by atoms with Crippen LogP contribution < -0.4 is 30.9 Å². The van der Waals surface area contributed by atoms with E-state index < -0.39 is 57.8 Å². The maximum Gasteiger partial charge on any atom is 0.257 e. The van der Waals surface area contributed by atoms with Gasteiger partial charge in [0.2, 0.25) is 11.8 Å². The van der Waals surface area contributed by atoms with Crippen LogP contribution in [0.25, 0.3) is 10.9 Å². The average molecular weight is 683 g/mol. The summed E-state index contributed by atoms with van der Waals surface area (Å²) in [5.74, 6) is -3.75. The molecule has 3 atom stereocenters. The van der Waals surface area contributed by atoms with E-state index in [1.165, 1.54) is 31.6 Å². The van der Waals surface area contributed by atoms with Crippen LogP contribution in [0, 0.1) is 23.0 Å². The number of carbonyl (C=O) groups is 3. The highest BCUT2D eigenvalue weighted by atomic mass is 35.5.